The second-order valence-electron chi connectivity index (χ2n) is 6.69. The van der Waals surface area contributed by atoms with Crippen LogP contribution in [-0.2, 0) is 4.79 Å². The van der Waals surface area contributed by atoms with Gasteiger partial charge in [-0.1, -0.05) is 55.3 Å². The van der Waals surface area contributed by atoms with Gasteiger partial charge in [-0.25, -0.2) is 0 Å². The molecule has 2 aromatic rings. The second-order valence-corrected chi connectivity index (χ2v) is 6.69. The van der Waals surface area contributed by atoms with Gasteiger partial charge in [-0.05, 0) is 30.5 Å². The average Bonchev–Trinajstić information content (AvgIpc) is 2.92. The second kappa shape index (κ2) is 8.67. The van der Waals surface area contributed by atoms with E-state index in [-0.39, 0.29) is 18.4 Å². The van der Waals surface area contributed by atoms with E-state index in [9.17, 15) is 4.79 Å². The van der Waals surface area contributed by atoms with Crippen LogP contribution in [0.4, 0.5) is 11.4 Å². The Balaban J connectivity index is 1.67. The third kappa shape index (κ3) is 4.83. The molecular formula is C21H27N3O. The fraction of sp³-hybridized carbons (Fsp3) is 0.381. The van der Waals surface area contributed by atoms with Gasteiger partial charge in [-0.3, -0.25) is 4.79 Å². The first-order chi connectivity index (χ1) is 12.2. The van der Waals surface area contributed by atoms with Crippen LogP contribution in [0.2, 0.25) is 0 Å². The van der Waals surface area contributed by atoms with Crippen LogP contribution in [0.1, 0.15) is 43.7 Å². The van der Waals surface area contributed by atoms with Crippen LogP contribution >= 0.6 is 0 Å². The van der Waals surface area contributed by atoms with Gasteiger partial charge in [0.2, 0.25) is 5.91 Å². The fourth-order valence-corrected chi connectivity index (χ4v) is 3.39. The summed E-state index contributed by atoms with van der Waals surface area (Å²) < 4.78 is 0. The molecule has 1 saturated heterocycles. The van der Waals surface area contributed by atoms with Gasteiger partial charge in [0.05, 0.1) is 11.4 Å². The lowest BCUT2D eigenvalue weighted by atomic mass is 10.0. The minimum atomic E-state index is -0.286. The quantitative estimate of drug-likeness (QED) is 0.864. The van der Waals surface area contributed by atoms with Crippen molar-refractivity contribution in [3.05, 3.63) is 60.2 Å². The van der Waals surface area contributed by atoms with E-state index in [1.54, 1.807) is 0 Å². The number of nitrogens with two attached hydrogens (primary N) is 1. The molecule has 3 N–H and O–H groups in total. The molecule has 132 valence electrons. The molecular weight excluding hydrogens is 310 g/mol. The zero-order valence-corrected chi connectivity index (χ0v) is 14.7. The highest BCUT2D eigenvalue weighted by atomic mass is 16.1. The van der Waals surface area contributed by atoms with Gasteiger partial charge in [0.1, 0.15) is 0 Å². The Morgan fingerprint density at radius 3 is 2.32 bits per heavy atom. The van der Waals surface area contributed by atoms with Crippen molar-refractivity contribution < 1.29 is 4.79 Å². The largest absolute Gasteiger partial charge is 0.370 e. The first-order valence-corrected chi connectivity index (χ1v) is 9.18. The number of para-hydroxylation sites is 2. The Morgan fingerprint density at radius 2 is 1.60 bits per heavy atom. The van der Waals surface area contributed by atoms with Crippen LogP contribution in [0, 0.1) is 0 Å². The van der Waals surface area contributed by atoms with Crippen LogP contribution in [0.5, 0.6) is 0 Å². The van der Waals surface area contributed by atoms with Gasteiger partial charge in [0, 0.05) is 25.6 Å². The molecule has 1 aliphatic rings. The van der Waals surface area contributed by atoms with Gasteiger partial charge in [0.25, 0.3) is 0 Å². The SMILES string of the molecule is NC(CC(=O)Nc1ccccc1N1CCCCCC1)c1ccccc1. The molecule has 4 heteroatoms. The van der Waals surface area contributed by atoms with Crippen molar-refractivity contribution in [3.8, 4) is 0 Å². The summed E-state index contributed by atoms with van der Waals surface area (Å²) >= 11 is 0. The molecule has 1 unspecified atom stereocenters. The minimum Gasteiger partial charge on any atom is -0.370 e. The van der Waals surface area contributed by atoms with Crippen LogP contribution in [-0.4, -0.2) is 19.0 Å². The lowest BCUT2D eigenvalue weighted by Gasteiger charge is -2.25. The van der Waals surface area contributed by atoms with E-state index in [4.69, 9.17) is 5.73 Å². The summed E-state index contributed by atoms with van der Waals surface area (Å²) in [4.78, 5) is 14.9. The van der Waals surface area contributed by atoms with E-state index in [1.807, 2.05) is 48.5 Å². The third-order valence-corrected chi connectivity index (χ3v) is 4.76. The molecule has 1 aliphatic heterocycles. The Labute approximate surface area is 150 Å². The molecule has 0 aliphatic carbocycles. The highest BCUT2D eigenvalue weighted by Crippen LogP contribution is 2.28. The van der Waals surface area contributed by atoms with Crippen LogP contribution in [0.25, 0.3) is 0 Å². The summed E-state index contributed by atoms with van der Waals surface area (Å²) in [5.41, 5.74) is 9.17. The molecule has 1 heterocycles. The molecule has 1 amide bonds. The number of amides is 1. The van der Waals surface area contributed by atoms with Crippen molar-refractivity contribution in [2.24, 2.45) is 5.73 Å². The standard InChI is InChI=1S/C21H27N3O/c22-18(17-10-4-3-5-11-17)16-21(25)23-19-12-6-7-13-20(19)24-14-8-1-2-9-15-24/h3-7,10-13,18H,1-2,8-9,14-16,22H2,(H,23,25). The smallest absolute Gasteiger partial charge is 0.226 e. The van der Waals surface area contributed by atoms with Crippen LogP contribution < -0.4 is 16.0 Å². The number of carbonyl (C=O) groups excluding carboxylic acids is 1. The molecule has 25 heavy (non-hydrogen) atoms. The van der Waals surface area contributed by atoms with Gasteiger partial charge in [-0.2, -0.15) is 0 Å². The van der Waals surface area contributed by atoms with E-state index in [0.29, 0.717) is 0 Å². The number of benzene rings is 2. The van der Waals surface area contributed by atoms with E-state index in [1.165, 1.54) is 25.7 Å². The molecule has 3 rings (SSSR count). The van der Waals surface area contributed by atoms with Crippen molar-refractivity contribution in [3.63, 3.8) is 0 Å². The van der Waals surface area contributed by atoms with E-state index < -0.39 is 0 Å². The summed E-state index contributed by atoms with van der Waals surface area (Å²) in [6.07, 6.45) is 5.27. The molecule has 1 atom stereocenters. The summed E-state index contributed by atoms with van der Waals surface area (Å²) in [6.45, 7) is 2.10. The zero-order valence-electron chi connectivity index (χ0n) is 14.7. The maximum Gasteiger partial charge on any atom is 0.226 e. The number of rotatable bonds is 5. The van der Waals surface area contributed by atoms with Crippen LogP contribution in [0.15, 0.2) is 54.6 Å². The molecule has 2 aromatic carbocycles. The maximum atomic E-state index is 12.5. The maximum absolute atomic E-state index is 12.5. The molecule has 0 spiro atoms. The predicted octanol–water partition coefficient (Wildman–Crippen LogP) is 4.10. The highest BCUT2D eigenvalue weighted by Gasteiger charge is 2.16. The van der Waals surface area contributed by atoms with Crippen LogP contribution in [0.3, 0.4) is 0 Å². The van der Waals surface area contributed by atoms with Gasteiger partial charge < -0.3 is 16.0 Å². The molecule has 0 aromatic heterocycles. The average molecular weight is 337 g/mol. The lowest BCUT2D eigenvalue weighted by Crippen LogP contribution is -2.26. The molecule has 0 saturated carbocycles. The molecule has 0 radical (unpaired) electrons. The number of anilines is 2. The number of hydrogen-bond acceptors (Lipinski definition) is 3. The molecule has 0 bridgehead atoms. The van der Waals surface area contributed by atoms with Crippen molar-refractivity contribution in [1.29, 1.82) is 0 Å². The molecule has 4 nitrogen and oxygen atoms in total. The topological polar surface area (TPSA) is 58.4 Å². The fourth-order valence-electron chi connectivity index (χ4n) is 3.39. The van der Waals surface area contributed by atoms with E-state index >= 15 is 0 Å². The number of carbonyl (C=O) groups is 1. The number of nitrogens with one attached hydrogen (secondary N) is 1. The van der Waals surface area contributed by atoms with Gasteiger partial charge >= 0.3 is 0 Å². The Kier molecular flexibility index (Phi) is 6.07. The number of nitrogens with zero attached hydrogens (tertiary/aromatic N) is 1. The van der Waals surface area contributed by atoms with Gasteiger partial charge in [0.15, 0.2) is 0 Å². The first kappa shape index (κ1) is 17.5. The van der Waals surface area contributed by atoms with Crippen molar-refractivity contribution in [1.82, 2.24) is 0 Å². The van der Waals surface area contributed by atoms with E-state index in [0.717, 1.165) is 30.0 Å². The highest BCUT2D eigenvalue weighted by molar-refractivity contribution is 5.94. The monoisotopic (exact) mass is 337 g/mol. The summed E-state index contributed by atoms with van der Waals surface area (Å²) in [6, 6.07) is 17.6. The summed E-state index contributed by atoms with van der Waals surface area (Å²) in [7, 11) is 0. The van der Waals surface area contributed by atoms with Crippen molar-refractivity contribution >= 4 is 17.3 Å². The van der Waals surface area contributed by atoms with E-state index in [2.05, 4.69) is 16.3 Å². The zero-order chi connectivity index (χ0) is 17.5. The third-order valence-electron chi connectivity index (χ3n) is 4.76. The molecule has 1 fully saturated rings. The Hall–Kier alpha value is -2.33. The summed E-state index contributed by atoms with van der Waals surface area (Å²) in [5, 5.41) is 3.07. The van der Waals surface area contributed by atoms with Crippen molar-refractivity contribution in [2.45, 2.75) is 38.1 Å². The summed E-state index contributed by atoms with van der Waals surface area (Å²) in [5.74, 6) is -0.0429. The number of hydrogen-bond donors (Lipinski definition) is 2. The minimum absolute atomic E-state index is 0.0429. The Bertz CT molecular complexity index is 679. The first-order valence-electron chi connectivity index (χ1n) is 9.18. The van der Waals surface area contributed by atoms with Gasteiger partial charge in [-0.15, -0.1) is 0 Å². The Morgan fingerprint density at radius 1 is 0.960 bits per heavy atom. The van der Waals surface area contributed by atoms with Crippen molar-refractivity contribution in [2.75, 3.05) is 23.3 Å². The predicted molar refractivity (Wildman–Crippen MR) is 104 cm³/mol. The lowest BCUT2D eigenvalue weighted by molar-refractivity contribution is -0.116. The normalized spacial score (nSPS) is 16.1.